The number of nitrogens with one attached hydrogen (secondary N) is 2. The summed E-state index contributed by atoms with van der Waals surface area (Å²) in [5, 5.41) is 28.8. The molecule has 1 aromatic heterocycles. The molecule has 0 aliphatic heterocycles. The molecule has 7 heteroatoms. The number of furan rings is 1. The number of oxime groups is 1. The van der Waals surface area contributed by atoms with E-state index in [4.69, 9.17) is 26.0 Å². The van der Waals surface area contributed by atoms with Gasteiger partial charge in [0.1, 0.15) is 17.2 Å². The molecular weight excluding hydrogens is 296 g/mol. The zero-order chi connectivity index (χ0) is 16.4. The Kier molecular flexibility index (Phi) is 3.70. The Morgan fingerprint density at radius 1 is 1.09 bits per heavy atom. The van der Waals surface area contributed by atoms with Gasteiger partial charge < -0.3 is 15.4 Å². The molecule has 0 radical (unpaired) electrons. The Morgan fingerprint density at radius 3 is 2.43 bits per heavy atom. The summed E-state index contributed by atoms with van der Waals surface area (Å²) >= 11 is 0. The molecule has 0 aliphatic rings. The maximum Gasteiger partial charge on any atom is 0.170 e. The van der Waals surface area contributed by atoms with Crippen molar-refractivity contribution >= 4 is 22.6 Å². The molecular formula is C16H14N4O3. The highest BCUT2D eigenvalue weighted by molar-refractivity contribution is 6.00. The monoisotopic (exact) mass is 310 g/mol. The number of nitrogens with zero attached hydrogens (tertiary/aromatic N) is 1. The van der Waals surface area contributed by atoms with E-state index in [1.807, 2.05) is 12.1 Å². The van der Waals surface area contributed by atoms with Crippen LogP contribution in [0.15, 0.2) is 58.1 Å². The minimum Gasteiger partial charge on any atom is -0.456 e. The summed E-state index contributed by atoms with van der Waals surface area (Å²) in [6.45, 7) is 0. The van der Waals surface area contributed by atoms with Gasteiger partial charge in [0.15, 0.2) is 5.84 Å². The standard InChI is InChI=1S/C16H14N4O3/c17-15(19-21)10-3-1-9(2-4-10)13-7-11-5-6-12(16(18)20-22)8-14(11)23-13/h1-8,21-22H,(H2,17,19)(H2,18,20). The highest BCUT2D eigenvalue weighted by Crippen LogP contribution is 2.28. The number of amidine groups is 2. The summed E-state index contributed by atoms with van der Waals surface area (Å²) in [7, 11) is 0. The van der Waals surface area contributed by atoms with Gasteiger partial charge in [0.2, 0.25) is 0 Å². The van der Waals surface area contributed by atoms with Gasteiger partial charge in [-0.15, -0.1) is 0 Å². The van der Waals surface area contributed by atoms with E-state index >= 15 is 0 Å². The second-order valence-electron chi connectivity index (χ2n) is 4.91. The Bertz CT molecular complexity index is 897. The Morgan fingerprint density at radius 2 is 1.78 bits per heavy atom. The normalized spacial score (nSPS) is 11.6. The van der Waals surface area contributed by atoms with Crippen LogP contribution in [0.25, 0.3) is 22.3 Å². The van der Waals surface area contributed by atoms with Crippen molar-refractivity contribution in [2.75, 3.05) is 0 Å². The highest BCUT2D eigenvalue weighted by atomic mass is 16.5. The molecule has 3 aromatic rings. The van der Waals surface area contributed by atoms with E-state index in [0.717, 1.165) is 10.9 Å². The minimum atomic E-state index is -0.0791. The fourth-order valence-corrected chi connectivity index (χ4v) is 2.26. The van der Waals surface area contributed by atoms with Crippen LogP contribution < -0.4 is 11.2 Å². The summed E-state index contributed by atoms with van der Waals surface area (Å²) in [6.07, 6.45) is 0. The molecule has 116 valence electrons. The molecule has 0 bridgehead atoms. The van der Waals surface area contributed by atoms with Crippen LogP contribution in [0, 0.1) is 5.41 Å². The number of benzene rings is 2. The van der Waals surface area contributed by atoms with Gasteiger partial charge in [-0.2, -0.15) is 0 Å². The van der Waals surface area contributed by atoms with Crippen molar-refractivity contribution in [1.29, 1.82) is 5.41 Å². The van der Waals surface area contributed by atoms with E-state index in [9.17, 15) is 0 Å². The summed E-state index contributed by atoms with van der Waals surface area (Å²) in [4.78, 5) is 0. The van der Waals surface area contributed by atoms with E-state index in [1.54, 1.807) is 41.9 Å². The van der Waals surface area contributed by atoms with Gasteiger partial charge in [-0.25, -0.2) is 0 Å². The first kappa shape index (κ1) is 14.6. The lowest BCUT2D eigenvalue weighted by Gasteiger charge is -2.02. The zero-order valence-electron chi connectivity index (χ0n) is 11.9. The van der Waals surface area contributed by atoms with E-state index in [1.165, 1.54) is 0 Å². The van der Waals surface area contributed by atoms with Gasteiger partial charge in [-0.05, 0) is 12.1 Å². The van der Waals surface area contributed by atoms with E-state index < -0.39 is 0 Å². The molecule has 1 heterocycles. The zero-order valence-corrected chi connectivity index (χ0v) is 11.9. The molecule has 2 aromatic carbocycles. The molecule has 0 fully saturated rings. The molecule has 0 saturated heterocycles. The van der Waals surface area contributed by atoms with Crippen molar-refractivity contribution in [2.24, 2.45) is 10.9 Å². The van der Waals surface area contributed by atoms with E-state index in [2.05, 4.69) is 5.16 Å². The summed E-state index contributed by atoms with van der Waals surface area (Å²) in [5.41, 5.74) is 9.96. The lowest BCUT2D eigenvalue weighted by atomic mass is 10.1. The number of hydrogen-bond donors (Lipinski definition) is 5. The smallest absolute Gasteiger partial charge is 0.170 e. The molecule has 0 spiro atoms. The van der Waals surface area contributed by atoms with Gasteiger partial charge >= 0.3 is 0 Å². The summed E-state index contributed by atoms with van der Waals surface area (Å²) in [6, 6.07) is 14.2. The Labute approximate surface area is 131 Å². The van der Waals surface area contributed by atoms with E-state index in [-0.39, 0.29) is 11.7 Å². The number of hydrogen-bond acceptors (Lipinski definition) is 5. The first-order valence-electron chi connectivity index (χ1n) is 6.73. The molecule has 0 saturated carbocycles. The first-order chi connectivity index (χ1) is 11.1. The van der Waals surface area contributed by atoms with Crippen LogP contribution in [-0.2, 0) is 0 Å². The van der Waals surface area contributed by atoms with Gasteiger partial charge in [0.25, 0.3) is 0 Å². The minimum absolute atomic E-state index is 0.0178. The predicted octanol–water partition coefficient (Wildman–Crippen LogP) is 2.50. The van der Waals surface area contributed by atoms with Crippen molar-refractivity contribution in [3.05, 3.63) is 59.7 Å². The van der Waals surface area contributed by atoms with Crippen molar-refractivity contribution in [3.8, 4) is 11.3 Å². The Hall–Kier alpha value is -3.32. The van der Waals surface area contributed by atoms with Crippen LogP contribution in [0.4, 0.5) is 0 Å². The Balaban J connectivity index is 1.98. The third-order valence-corrected chi connectivity index (χ3v) is 3.49. The second kappa shape index (κ2) is 5.82. The van der Waals surface area contributed by atoms with Gasteiger partial charge in [-0.1, -0.05) is 41.6 Å². The van der Waals surface area contributed by atoms with Gasteiger partial charge in [0, 0.05) is 22.1 Å². The molecule has 0 amide bonds. The second-order valence-corrected chi connectivity index (χ2v) is 4.91. The molecule has 7 nitrogen and oxygen atoms in total. The number of nitrogens with two attached hydrogens (primary N) is 1. The van der Waals surface area contributed by atoms with Crippen LogP contribution in [-0.4, -0.2) is 22.1 Å². The molecule has 0 unspecified atom stereocenters. The molecule has 0 atom stereocenters. The predicted molar refractivity (Wildman–Crippen MR) is 85.9 cm³/mol. The summed E-state index contributed by atoms with van der Waals surface area (Å²) < 4.78 is 5.81. The van der Waals surface area contributed by atoms with Crippen molar-refractivity contribution in [3.63, 3.8) is 0 Å². The van der Waals surface area contributed by atoms with E-state index in [0.29, 0.717) is 22.5 Å². The average Bonchev–Trinajstić information content (AvgIpc) is 3.03. The van der Waals surface area contributed by atoms with Gasteiger partial charge in [-0.3, -0.25) is 16.1 Å². The summed E-state index contributed by atoms with van der Waals surface area (Å²) in [5.74, 6) is 0.598. The molecule has 3 rings (SSSR count). The number of fused-ring (bicyclic) bond motifs is 1. The fourth-order valence-electron chi connectivity index (χ4n) is 2.26. The molecule has 23 heavy (non-hydrogen) atoms. The van der Waals surface area contributed by atoms with Crippen molar-refractivity contribution in [1.82, 2.24) is 5.48 Å². The topological polar surface area (TPSA) is 128 Å². The van der Waals surface area contributed by atoms with Crippen molar-refractivity contribution in [2.45, 2.75) is 0 Å². The third kappa shape index (κ3) is 2.72. The molecule has 0 aliphatic carbocycles. The van der Waals surface area contributed by atoms with Crippen molar-refractivity contribution < 1.29 is 14.8 Å². The fraction of sp³-hybridized carbons (Fsp3) is 0. The molecule has 6 N–H and O–H groups in total. The highest BCUT2D eigenvalue weighted by Gasteiger charge is 2.09. The maximum absolute atomic E-state index is 8.73. The first-order valence-corrected chi connectivity index (χ1v) is 6.73. The van der Waals surface area contributed by atoms with Crippen LogP contribution in [0.2, 0.25) is 0 Å². The quantitative estimate of drug-likeness (QED) is 0.220. The average molecular weight is 310 g/mol. The lowest BCUT2D eigenvalue weighted by Crippen LogP contribution is -2.18. The lowest BCUT2D eigenvalue weighted by molar-refractivity contribution is 0.234. The van der Waals surface area contributed by atoms with Gasteiger partial charge in [0.05, 0.1) is 0 Å². The van der Waals surface area contributed by atoms with Crippen LogP contribution >= 0.6 is 0 Å². The largest absolute Gasteiger partial charge is 0.456 e. The number of rotatable bonds is 3. The third-order valence-electron chi connectivity index (χ3n) is 3.49. The maximum atomic E-state index is 8.73. The SMILES string of the molecule is N=C(NO)c1ccc(-c2cc3ccc(C(N)=NO)cc3o2)cc1. The van der Waals surface area contributed by atoms with Crippen LogP contribution in [0.5, 0.6) is 0 Å². The van der Waals surface area contributed by atoms with Crippen LogP contribution in [0.1, 0.15) is 11.1 Å². The van der Waals surface area contributed by atoms with Crippen LogP contribution in [0.3, 0.4) is 0 Å². The number of hydroxylamine groups is 1.